The molecule has 0 radical (unpaired) electrons. The van der Waals surface area contributed by atoms with Crippen molar-refractivity contribution in [3.05, 3.63) is 33.9 Å². The van der Waals surface area contributed by atoms with Gasteiger partial charge in [0.1, 0.15) is 0 Å². The Labute approximate surface area is 86.5 Å². The third kappa shape index (κ3) is 1.27. The van der Waals surface area contributed by atoms with E-state index in [9.17, 15) is 0 Å². The van der Waals surface area contributed by atoms with Gasteiger partial charge in [-0.15, -0.1) is 0 Å². The van der Waals surface area contributed by atoms with Crippen LogP contribution in [0.25, 0.3) is 0 Å². The second-order valence-electron chi connectivity index (χ2n) is 4.82. The highest BCUT2D eigenvalue weighted by Gasteiger charge is 2.40. The molecule has 0 aromatic heterocycles. The van der Waals surface area contributed by atoms with Crippen molar-refractivity contribution in [1.82, 2.24) is 5.32 Å². The summed E-state index contributed by atoms with van der Waals surface area (Å²) in [6.45, 7) is 12.3. The van der Waals surface area contributed by atoms with Gasteiger partial charge in [-0.25, -0.2) is 0 Å². The summed E-state index contributed by atoms with van der Waals surface area (Å²) in [6, 6.07) is 2.29. The van der Waals surface area contributed by atoms with Gasteiger partial charge in [-0.3, -0.25) is 0 Å². The Kier molecular flexibility index (Phi) is 1.97. The number of hydrogen-bond acceptors (Lipinski definition) is 1. The van der Waals surface area contributed by atoms with Crippen molar-refractivity contribution < 1.29 is 0 Å². The van der Waals surface area contributed by atoms with Gasteiger partial charge in [-0.1, -0.05) is 6.07 Å². The average Bonchev–Trinajstić information content (AvgIpc) is 2.81. The lowest BCUT2D eigenvalue weighted by Gasteiger charge is -2.19. The van der Waals surface area contributed by atoms with Crippen molar-refractivity contribution in [2.75, 3.05) is 6.54 Å². The summed E-state index contributed by atoms with van der Waals surface area (Å²) >= 11 is 0. The lowest BCUT2D eigenvalue weighted by molar-refractivity contribution is 0.745. The van der Waals surface area contributed by atoms with Crippen LogP contribution in [0.2, 0.25) is 0 Å². The first-order valence-electron chi connectivity index (χ1n) is 5.28. The summed E-state index contributed by atoms with van der Waals surface area (Å²) in [4.78, 5) is 0. The van der Waals surface area contributed by atoms with Crippen LogP contribution in [0.4, 0.5) is 0 Å². The lowest BCUT2D eigenvalue weighted by Crippen LogP contribution is -2.13. The summed E-state index contributed by atoms with van der Waals surface area (Å²) in [7, 11) is 0. The van der Waals surface area contributed by atoms with Crippen LogP contribution < -0.4 is 5.32 Å². The van der Waals surface area contributed by atoms with Crippen LogP contribution in [0.1, 0.15) is 34.7 Å². The standard InChI is InChI=1S/C13H19N/c1-8-6-9(2)11(4)12(10(8)3)13(5)7-14-13/h6,14H,7H2,1-5H3. The van der Waals surface area contributed by atoms with Crippen molar-refractivity contribution >= 4 is 0 Å². The van der Waals surface area contributed by atoms with Gasteiger partial charge in [0.15, 0.2) is 0 Å². The average molecular weight is 189 g/mol. The molecule has 0 aliphatic carbocycles. The third-order valence-corrected chi connectivity index (χ3v) is 3.62. The van der Waals surface area contributed by atoms with E-state index in [2.05, 4.69) is 46.0 Å². The van der Waals surface area contributed by atoms with E-state index in [1.165, 1.54) is 27.8 Å². The van der Waals surface area contributed by atoms with Gasteiger partial charge in [0.25, 0.3) is 0 Å². The molecule has 1 aromatic rings. The number of benzene rings is 1. The maximum Gasteiger partial charge on any atom is 0.0538 e. The van der Waals surface area contributed by atoms with Crippen molar-refractivity contribution in [1.29, 1.82) is 0 Å². The molecular formula is C13H19N. The van der Waals surface area contributed by atoms with Crippen LogP contribution in [0.15, 0.2) is 6.07 Å². The summed E-state index contributed by atoms with van der Waals surface area (Å²) in [6.07, 6.45) is 0. The Morgan fingerprint density at radius 3 is 1.86 bits per heavy atom. The molecule has 1 fully saturated rings. The number of hydrogen-bond donors (Lipinski definition) is 1. The molecule has 0 amide bonds. The quantitative estimate of drug-likeness (QED) is 0.674. The fraction of sp³-hybridized carbons (Fsp3) is 0.538. The van der Waals surface area contributed by atoms with Gasteiger partial charge in [-0.2, -0.15) is 0 Å². The predicted octanol–water partition coefficient (Wildman–Crippen LogP) is 2.74. The molecule has 1 nitrogen and oxygen atoms in total. The molecule has 1 unspecified atom stereocenters. The van der Waals surface area contributed by atoms with E-state index in [0.29, 0.717) is 0 Å². The molecule has 1 heteroatoms. The highest BCUT2D eigenvalue weighted by molar-refractivity contribution is 5.49. The van der Waals surface area contributed by atoms with Crippen molar-refractivity contribution in [3.8, 4) is 0 Å². The van der Waals surface area contributed by atoms with Crippen molar-refractivity contribution in [2.45, 2.75) is 40.2 Å². The molecule has 0 spiro atoms. The van der Waals surface area contributed by atoms with Crippen LogP contribution in [0, 0.1) is 27.7 Å². The van der Waals surface area contributed by atoms with Crippen LogP contribution >= 0.6 is 0 Å². The van der Waals surface area contributed by atoms with Gasteiger partial charge >= 0.3 is 0 Å². The Hall–Kier alpha value is -0.820. The largest absolute Gasteiger partial charge is 0.304 e. The smallest absolute Gasteiger partial charge is 0.0538 e. The fourth-order valence-electron chi connectivity index (χ4n) is 2.35. The molecule has 1 N–H and O–H groups in total. The lowest BCUT2D eigenvalue weighted by atomic mass is 9.87. The zero-order valence-corrected chi connectivity index (χ0v) is 9.78. The van der Waals surface area contributed by atoms with Gasteiger partial charge in [0, 0.05) is 6.54 Å². The molecule has 0 bridgehead atoms. The van der Waals surface area contributed by atoms with E-state index < -0.39 is 0 Å². The summed E-state index contributed by atoms with van der Waals surface area (Å²) in [5.74, 6) is 0. The predicted molar refractivity (Wildman–Crippen MR) is 60.7 cm³/mol. The first-order chi connectivity index (χ1) is 6.46. The van der Waals surface area contributed by atoms with E-state index in [4.69, 9.17) is 0 Å². The van der Waals surface area contributed by atoms with E-state index >= 15 is 0 Å². The molecule has 1 heterocycles. The Morgan fingerprint density at radius 2 is 1.50 bits per heavy atom. The molecule has 2 rings (SSSR count). The van der Waals surface area contributed by atoms with Crippen LogP contribution in [0.3, 0.4) is 0 Å². The zero-order valence-electron chi connectivity index (χ0n) is 9.78. The topological polar surface area (TPSA) is 21.9 Å². The van der Waals surface area contributed by atoms with E-state index in [1.54, 1.807) is 0 Å². The van der Waals surface area contributed by atoms with Crippen LogP contribution in [0.5, 0.6) is 0 Å². The minimum atomic E-state index is 0.255. The minimum Gasteiger partial charge on any atom is -0.304 e. The molecule has 14 heavy (non-hydrogen) atoms. The maximum absolute atomic E-state index is 3.46. The molecule has 1 saturated heterocycles. The van der Waals surface area contributed by atoms with Crippen LogP contribution in [-0.4, -0.2) is 6.54 Å². The SMILES string of the molecule is Cc1cc(C)c(C)c(C2(C)CN2)c1C. The monoisotopic (exact) mass is 189 g/mol. The number of rotatable bonds is 1. The van der Waals surface area contributed by atoms with E-state index in [1.807, 2.05) is 0 Å². The molecule has 0 saturated carbocycles. The van der Waals surface area contributed by atoms with Crippen molar-refractivity contribution in [2.24, 2.45) is 0 Å². The first-order valence-corrected chi connectivity index (χ1v) is 5.28. The minimum absolute atomic E-state index is 0.255. The molecular weight excluding hydrogens is 170 g/mol. The van der Waals surface area contributed by atoms with E-state index in [0.717, 1.165) is 6.54 Å². The fourth-order valence-corrected chi connectivity index (χ4v) is 2.35. The molecule has 1 atom stereocenters. The highest BCUT2D eigenvalue weighted by atomic mass is 15.1. The van der Waals surface area contributed by atoms with Gasteiger partial charge in [0.2, 0.25) is 0 Å². The molecule has 1 aliphatic rings. The van der Waals surface area contributed by atoms with Gasteiger partial charge in [-0.05, 0) is 62.4 Å². The molecule has 1 aromatic carbocycles. The summed E-state index contributed by atoms with van der Waals surface area (Å²) in [5, 5.41) is 3.46. The van der Waals surface area contributed by atoms with Crippen LogP contribution in [-0.2, 0) is 5.54 Å². The first kappa shape index (κ1) is 9.72. The van der Waals surface area contributed by atoms with Gasteiger partial charge in [0.05, 0.1) is 5.54 Å². The van der Waals surface area contributed by atoms with Gasteiger partial charge < -0.3 is 5.32 Å². The third-order valence-electron chi connectivity index (χ3n) is 3.62. The Balaban J connectivity index is 2.68. The highest BCUT2D eigenvalue weighted by Crippen LogP contribution is 2.37. The van der Waals surface area contributed by atoms with E-state index in [-0.39, 0.29) is 5.54 Å². The number of nitrogens with one attached hydrogen (secondary N) is 1. The Bertz CT molecular complexity index is 360. The maximum atomic E-state index is 3.46. The molecule has 1 aliphatic heterocycles. The summed E-state index contributed by atoms with van der Waals surface area (Å²) in [5.41, 5.74) is 7.53. The Morgan fingerprint density at radius 1 is 1.07 bits per heavy atom. The second kappa shape index (κ2) is 2.83. The molecule has 76 valence electrons. The van der Waals surface area contributed by atoms with Crippen molar-refractivity contribution in [3.63, 3.8) is 0 Å². The zero-order chi connectivity index (χ0) is 10.5. The number of aryl methyl sites for hydroxylation is 2. The normalized spacial score (nSPS) is 25.2. The second-order valence-corrected chi connectivity index (χ2v) is 4.82. The summed E-state index contributed by atoms with van der Waals surface area (Å²) < 4.78 is 0.